The Morgan fingerprint density at radius 3 is 1.16 bits per heavy atom. The first-order valence-corrected chi connectivity index (χ1v) is 24.4. The maximum atomic E-state index is 11.3. The monoisotopic (exact) mass is 1260 g/mol. The maximum Gasteiger partial charge on any atom is 0.522 e. The number of alkyl halides is 9. The second-order valence-corrected chi connectivity index (χ2v) is 18.3. The third kappa shape index (κ3) is 35.0. The molecule has 4 aromatic rings. The van der Waals surface area contributed by atoms with Crippen LogP contribution < -0.4 is 0 Å². The molecule has 0 fully saturated rings. The van der Waals surface area contributed by atoms with Gasteiger partial charge in [0, 0.05) is 44.3 Å². The van der Waals surface area contributed by atoms with Gasteiger partial charge in [-0.05, 0) is 114 Å². The average Bonchev–Trinajstić information content (AvgIpc) is 3.70. The Bertz CT molecular complexity index is 2960. The summed E-state index contributed by atoms with van der Waals surface area (Å²) in [7, 11) is -12.3. The van der Waals surface area contributed by atoms with Crippen LogP contribution in [-0.4, -0.2) is 123 Å². The van der Waals surface area contributed by atoms with Crippen LogP contribution >= 0.6 is 0 Å². The van der Waals surface area contributed by atoms with Gasteiger partial charge >= 0.3 is 70.8 Å². The van der Waals surface area contributed by atoms with Gasteiger partial charge in [-0.1, -0.05) is 18.2 Å². The number of carbonyl (C=O) groups is 4. The van der Waals surface area contributed by atoms with Crippen LogP contribution in [0.5, 0.6) is 17.2 Å². The molecule has 0 spiro atoms. The van der Waals surface area contributed by atoms with E-state index < -0.39 is 70.8 Å². The van der Waals surface area contributed by atoms with Gasteiger partial charge < -0.3 is 38.7 Å². The minimum atomic E-state index is -5.84. The quantitative estimate of drug-likeness (QED) is 0.0212. The fourth-order valence-electron chi connectivity index (χ4n) is 4.26. The van der Waals surface area contributed by atoms with Crippen LogP contribution in [0.3, 0.4) is 0 Å². The van der Waals surface area contributed by atoms with E-state index in [1.165, 1.54) is 41.4 Å². The maximum absolute atomic E-state index is 11.3. The van der Waals surface area contributed by atoms with Crippen molar-refractivity contribution in [2.24, 2.45) is 0 Å². The number of nitrogens with zero attached hydrogens (tertiary/aromatic N) is 1. The number of phenols is 3. The van der Waals surface area contributed by atoms with Crippen molar-refractivity contribution in [2.45, 2.75) is 78.8 Å². The van der Waals surface area contributed by atoms with E-state index in [0.29, 0.717) is 22.3 Å². The number of esters is 4. The molecule has 0 atom stereocenters. The molecule has 1 heterocycles. The molecule has 0 bridgehead atoms. The summed E-state index contributed by atoms with van der Waals surface area (Å²) in [4.78, 5) is 43.3. The number of hydrogen-bond donors (Lipinski definition) is 6. The number of ether oxygens (including phenoxy) is 4. The van der Waals surface area contributed by atoms with Crippen LogP contribution in [-0.2, 0) is 79.9 Å². The van der Waals surface area contributed by atoms with Crippen LogP contribution in [0.1, 0.15) is 82.9 Å². The Morgan fingerprint density at radius 1 is 0.537 bits per heavy atom. The fourth-order valence-corrected chi connectivity index (χ4v) is 4.26. The van der Waals surface area contributed by atoms with Gasteiger partial charge in [-0.2, -0.15) is 70.0 Å². The normalized spacial score (nSPS) is 10.3. The van der Waals surface area contributed by atoms with Crippen molar-refractivity contribution in [2.75, 3.05) is 28.4 Å². The molecule has 0 unspecified atom stereocenters. The van der Waals surface area contributed by atoms with Crippen molar-refractivity contribution in [3.63, 3.8) is 0 Å². The number of phenolic OH excluding ortho intramolecular Hbond substituents is 3. The molecule has 0 saturated carbocycles. The molecule has 0 amide bonds. The molecule has 3 aromatic carbocycles. The molecular weight excluding hydrogens is 1200 g/mol. The molecule has 6 N–H and O–H groups in total. The largest absolute Gasteiger partial charge is 0.522 e. The minimum Gasteiger partial charge on any atom is -0.508 e. The third-order valence-electron chi connectivity index (χ3n) is 7.89. The average molecular weight is 1260 g/mol. The summed E-state index contributed by atoms with van der Waals surface area (Å²) in [5.41, 5.74) is -11.0. The van der Waals surface area contributed by atoms with Crippen molar-refractivity contribution in [3.05, 3.63) is 110 Å². The fraction of sp³-hybridized carbons (Fsp3) is 0.356. The number of hydrogen-bond acceptors (Lipinski definition) is 19. The number of benzene rings is 3. The van der Waals surface area contributed by atoms with Crippen LogP contribution in [0.2, 0.25) is 0 Å². The van der Waals surface area contributed by atoms with Crippen molar-refractivity contribution >= 4 is 54.2 Å². The Hall–Kier alpha value is -6.76. The third-order valence-corrected chi connectivity index (χ3v) is 9.64. The first-order chi connectivity index (χ1) is 35.5. The van der Waals surface area contributed by atoms with Gasteiger partial charge in [-0.3, -0.25) is 13.7 Å². The zero-order valence-corrected chi connectivity index (χ0v) is 48.4. The number of nitriles is 1. The molecule has 449 valence electrons. The summed E-state index contributed by atoms with van der Waals surface area (Å²) in [5, 5.41) is 35.6. The zero-order valence-electron chi connectivity index (χ0n) is 44.2. The van der Waals surface area contributed by atoms with Gasteiger partial charge in [0.2, 0.25) is 0 Å². The van der Waals surface area contributed by atoms with Crippen molar-refractivity contribution in [3.8, 4) is 35.7 Å². The summed E-state index contributed by atoms with van der Waals surface area (Å²) in [6.07, 6.45) is 4.56. The van der Waals surface area contributed by atoms with Crippen molar-refractivity contribution in [1.82, 2.24) is 0 Å². The van der Waals surface area contributed by atoms with Gasteiger partial charge in [0.1, 0.15) is 34.3 Å². The van der Waals surface area contributed by atoms with E-state index in [1.54, 1.807) is 70.9 Å². The Morgan fingerprint density at radius 2 is 0.887 bits per heavy atom. The predicted molar refractivity (Wildman–Crippen MR) is 260 cm³/mol. The number of furan rings is 1. The van der Waals surface area contributed by atoms with Gasteiger partial charge in [-0.15, -0.1) is 6.42 Å². The Balaban J connectivity index is -0.000000197. The first kappa shape index (κ1) is 84.5. The molecule has 0 aliphatic rings. The molecule has 1 aromatic heterocycles. The first-order valence-electron chi connectivity index (χ1n) is 20.1. The van der Waals surface area contributed by atoms with E-state index in [4.69, 9.17) is 48.6 Å². The van der Waals surface area contributed by atoms with E-state index in [1.807, 2.05) is 39.0 Å². The summed E-state index contributed by atoms with van der Waals surface area (Å²) in [6.45, 7) is 16.0. The van der Waals surface area contributed by atoms with Crippen LogP contribution in [0.4, 0.5) is 39.5 Å². The molecule has 0 aliphatic heterocycles. The second kappa shape index (κ2) is 38.0. The van der Waals surface area contributed by atoms with E-state index >= 15 is 0 Å². The van der Waals surface area contributed by atoms with Crippen LogP contribution in [0, 0.1) is 79.1 Å². The number of terminal acetylenes is 1. The van der Waals surface area contributed by atoms with Gasteiger partial charge in [0.05, 0.1) is 45.6 Å². The SMILES string of the molecule is C#CC(=O)OC.CC#N.COC(=O)c1c(C)ccc(O)c1C.COC(=O)c1cc(C)cc(C)c1O.COC(=O)c1cc(O)c(C)cc1C.Cc1ccc(C)o1.O=S(=O)(O)C(F)(F)F.O=S(=O)(O)C(F)(F)F.O=S(=O)(O)C(F)(F)F.[Sc]. The summed E-state index contributed by atoms with van der Waals surface area (Å²) in [6, 6.07) is 15.5. The summed E-state index contributed by atoms with van der Waals surface area (Å²) in [5.74, 6) is 1.98. The minimum absolute atomic E-state index is 0. The van der Waals surface area contributed by atoms with Gasteiger partial charge in [0.15, 0.2) is 0 Å². The van der Waals surface area contributed by atoms with Crippen LogP contribution in [0.25, 0.3) is 0 Å². The zero-order chi connectivity index (χ0) is 64.0. The molecular formula is C45H54F9NO21S3Sc. The molecule has 0 aliphatic carbocycles. The molecule has 80 heavy (non-hydrogen) atoms. The van der Waals surface area contributed by atoms with E-state index in [9.17, 15) is 74.0 Å². The molecule has 35 heteroatoms. The topological polar surface area (TPSA) is 366 Å². The number of rotatable bonds is 3. The molecule has 22 nitrogen and oxygen atoms in total. The van der Waals surface area contributed by atoms with Gasteiger partial charge in [0.25, 0.3) is 0 Å². The number of aromatic hydroxyl groups is 3. The molecule has 1 radical (unpaired) electrons. The van der Waals surface area contributed by atoms with Crippen molar-refractivity contribution in [1.29, 1.82) is 5.26 Å². The van der Waals surface area contributed by atoms with E-state index in [0.717, 1.165) is 33.8 Å². The second-order valence-electron chi connectivity index (χ2n) is 14.1. The number of methoxy groups -OCH3 is 4. The summed E-state index contributed by atoms with van der Waals surface area (Å²) < 4.78 is 195. The van der Waals surface area contributed by atoms with Crippen LogP contribution in [0.15, 0.2) is 52.9 Å². The summed E-state index contributed by atoms with van der Waals surface area (Å²) >= 11 is 0. The smallest absolute Gasteiger partial charge is 0.508 e. The Labute approximate surface area is 472 Å². The van der Waals surface area contributed by atoms with Crippen molar-refractivity contribution < 1.29 is 162 Å². The van der Waals surface area contributed by atoms with Gasteiger partial charge in [-0.25, -0.2) is 19.2 Å². The molecule has 4 rings (SSSR count). The molecule has 0 saturated heterocycles. The number of carbonyl (C=O) groups excluding carboxylic acids is 4. The van der Waals surface area contributed by atoms with E-state index in [-0.39, 0.29) is 48.7 Å². The number of aryl methyl sites for hydroxylation is 7. The van der Waals surface area contributed by atoms with E-state index in [2.05, 4.69) is 25.4 Å². The number of halogens is 9. The Kier molecular flexibility index (Phi) is 40.1. The predicted octanol–water partition coefficient (Wildman–Crippen LogP) is 8.79. The standard InChI is InChI=1S/3C10H12O3.C6H8O.C4H4O2.C2H3N.3CHF3O3S.Sc/c1-6-4-7(2)9(11)5-8(6)10(12)13-3;1-6-4-7(2)9(11)8(5-6)10(12)13-3;1-6-4-5-8(11)7(2)9(6)10(12)13-3;1-5-3-4-6(2)7-5;1-3-4(5)6-2;1-2-3;3*2-1(3,4)8(5,6)7;/h3*4-5,11H,1-3H3;3-4H,1-2H3;1H,2H3;1H3;3*(H,5,6,7);.